The maximum Gasteiger partial charge on any atom is 0.204 e. The Balaban J connectivity index is 3.61. The highest BCUT2D eigenvalue weighted by Crippen LogP contribution is 2.45. The molecule has 106 valence electrons. The van der Waals surface area contributed by atoms with E-state index in [0.29, 0.717) is 28.6 Å². The molecule has 0 radical (unpaired) electrons. The SMILES string of the molecule is COc1cc(OC)c(C(C)=O)c(OC(C)C)c1OC. The smallest absolute Gasteiger partial charge is 0.204 e. The van der Waals surface area contributed by atoms with Gasteiger partial charge < -0.3 is 18.9 Å². The average Bonchev–Trinajstić information content (AvgIpc) is 2.35. The van der Waals surface area contributed by atoms with Gasteiger partial charge in [0.2, 0.25) is 5.75 Å². The van der Waals surface area contributed by atoms with Gasteiger partial charge >= 0.3 is 0 Å². The van der Waals surface area contributed by atoms with Gasteiger partial charge in [0.15, 0.2) is 17.3 Å². The molecule has 0 heterocycles. The first-order valence-electron chi connectivity index (χ1n) is 5.96. The van der Waals surface area contributed by atoms with Crippen LogP contribution in [-0.2, 0) is 0 Å². The molecular weight excluding hydrogens is 248 g/mol. The second kappa shape index (κ2) is 6.31. The van der Waals surface area contributed by atoms with Gasteiger partial charge in [0.1, 0.15) is 11.3 Å². The van der Waals surface area contributed by atoms with Crippen molar-refractivity contribution in [3.8, 4) is 23.0 Å². The first-order valence-corrected chi connectivity index (χ1v) is 5.96. The molecule has 0 aliphatic carbocycles. The van der Waals surface area contributed by atoms with E-state index < -0.39 is 0 Å². The third-order valence-electron chi connectivity index (χ3n) is 2.52. The van der Waals surface area contributed by atoms with Crippen LogP contribution in [0, 0.1) is 0 Å². The van der Waals surface area contributed by atoms with Crippen molar-refractivity contribution in [1.82, 2.24) is 0 Å². The van der Waals surface area contributed by atoms with E-state index in [1.54, 1.807) is 6.07 Å². The third-order valence-corrected chi connectivity index (χ3v) is 2.52. The fourth-order valence-corrected chi connectivity index (χ4v) is 1.78. The van der Waals surface area contributed by atoms with Crippen LogP contribution in [0.2, 0.25) is 0 Å². The lowest BCUT2D eigenvalue weighted by Crippen LogP contribution is -2.12. The van der Waals surface area contributed by atoms with Gasteiger partial charge in [-0.15, -0.1) is 0 Å². The van der Waals surface area contributed by atoms with Crippen molar-refractivity contribution in [3.05, 3.63) is 11.6 Å². The minimum absolute atomic E-state index is 0.108. The number of carbonyl (C=O) groups excluding carboxylic acids is 1. The molecule has 0 N–H and O–H groups in total. The van der Waals surface area contributed by atoms with Crippen molar-refractivity contribution in [2.75, 3.05) is 21.3 Å². The molecule has 0 atom stereocenters. The van der Waals surface area contributed by atoms with Crippen molar-refractivity contribution in [2.24, 2.45) is 0 Å². The number of ketones is 1. The predicted molar refractivity (Wildman–Crippen MR) is 71.9 cm³/mol. The molecule has 1 aromatic carbocycles. The Morgan fingerprint density at radius 3 is 1.95 bits per heavy atom. The minimum Gasteiger partial charge on any atom is -0.496 e. The Labute approximate surface area is 113 Å². The van der Waals surface area contributed by atoms with E-state index in [0.717, 1.165) is 0 Å². The highest BCUT2D eigenvalue weighted by molar-refractivity contribution is 6.01. The van der Waals surface area contributed by atoms with Crippen molar-refractivity contribution >= 4 is 5.78 Å². The number of Topliss-reactive ketones (excluding diaryl/α,β-unsaturated/α-hetero) is 1. The zero-order chi connectivity index (χ0) is 14.6. The Bertz CT molecular complexity index is 465. The number of hydrogen-bond acceptors (Lipinski definition) is 5. The highest BCUT2D eigenvalue weighted by atomic mass is 16.5. The van der Waals surface area contributed by atoms with Gasteiger partial charge in [0.05, 0.1) is 27.4 Å². The summed E-state index contributed by atoms with van der Waals surface area (Å²) in [4.78, 5) is 11.8. The summed E-state index contributed by atoms with van der Waals surface area (Å²) >= 11 is 0. The van der Waals surface area contributed by atoms with E-state index in [-0.39, 0.29) is 11.9 Å². The first-order chi connectivity index (χ1) is 8.96. The molecule has 0 bridgehead atoms. The second-order valence-electron chi connectivity index (χ2n) is 4.24. The standard InChI is InChI=1S/C14H20O5/c1-8(2)19-14-12(9(3)15)10(16-4)7-11(17-5)13(14)18-6/h7-8H,1-6H3. The maximum atomic E-state index is 11.8. The first kappa shape index (κ1) is 15.1. The topological polar surface area (TPSA) is 54.0 Å². The molecule has 0 spiro atoms. The molecule has 0 aliphatic heterocycles. The maximum absolute atomic E-state index is 11.8. The number of hydrogen-bond donors (Lipinski definition) is 0. The summed E-state index contributed by atoms with van der Waals surface area (Å²) in [6.45, 7) is 5.20. The molecule has 5 nitrogen and oxygen atoms in total. The lowest BCUT2D eigenvalue weighted by atomic mass is 10.1. The number of benzene rings is 1. The molecule has 5 heteroatoms. The Hall–Kier alpha value is -1.91. The van der Waals surface area contributed by atoms with Gasteiger partial charge in [-0.1, -0.05) is 0 Å². The van der Waals surface area contributed by atoms with E-state index >= 15 is 0 Å². The zero-order valence-electron chi connectivity index (χ0n) is 12.2. The van der Waals surface area contributed by atoms with Crippen LogP contribution in [0.3, 0.4) is 0 Å². The molecule has 0 aliphatic rings. The lowest BCUT2D eigenvalue weighted by molar-refractivity contribution is 0.100. The molecule has 0 saturated heterocycles. The van der Waals surface area contributed by atoms with Gasteiger partial charge in [0, 0.05) is 6.07 Å². The number of rotatable bonds is 6. The number of methoxy groups -OCH3 is 3. The molecule has 0 saturated carbocycles. The molecule has 0 aromatic heterocycles. The van der Waals surface area contributed by atoms with Crippen LogP contribution in [0.4, 0.5) is 0 Å². The molecule has 0 fully saturated rings. The fraction of sp³-hybridized carbons (Fsp3) is 0.500. The van der Waals surface area contributed by atoms with Crippen LogP contribution < -0.4 is 18.9 Å². The summed E-state index contributed by atoms with van der Waals surface area (Å²) in [5.41, 5.74) is 0.355. The van der Waals surface area contributed by atoms with Gasteiger partial charge in [0.25, 0.3) is 0 Å². The summed E-state index contributed by atoms with van der Waals surface area (Å²) < 4.78 is 21.5. The van der Waals surface area contributed by atoms with Crippen LogP contribution in [0.25, 0.3) is 0 Å². The summed E-state index contributed by atoms with van der Waals surface area (Å²) in [7, 11) is 4.51. The zero-order valence-corrected chi connectivity index (χ0v) is 12.2. The number of ether oxygens (including phenoxy) is 4. The van der Waals surface area contributed by atoms with Crippen LogP contribution in [0.5, 0.6) is 23.0 Å². The van der Waals surface area contributed by atoms with Crippen molar-refractivity contribution in [1.29, 1.82) is 0 Å². The minimum atomic E-state index is -0.159. The third kappa shape index (κ3) is 3.10. The summed E-state index contributed by atoms with van der Waals surface area (Å²) in [6.07, 6.45) is -0.108. The Morgan fingerprint density at radius 2 is 1.58 bits per heavy atom. The van der Waals surface area contributed by atoms with Gasteiger partial charge in [-0.05, 0) is 20.8 Å². The Kier molecular flexibility index (Phi) is 5.03. The lowest BCUT2D eigenvalue weighted by Gasteiger charge is -2.20. The monoisotopic (exact) mass is 268 g/mol. The summed E-state index contributed by atoms with van der Waals surface area (Å²) in [5.74, 6) is 1.44. The highest BCUT2D eigenvalue weighted by Gasteiger charge is 2.25. The molecule has 1 aromatic rings. The van der Waals surface area contributed by atoms with E-state index in [1.165, 1.54) is 28.3 Å². The molecule has 19 heavy (non-hydrogen) atoms. The summed E-state index contributed by atoms with van der Waals surface area (Å²) in [5, 5.41) is 0. The fourth-order valence-electron chi connectivity index (χ4n) is 1.78. The van der Waals surface area contributed by atoms with Crippen molar-refractivity contribution in [2.45, 2.75) is 26.9 Å². The Morgan fingerprint density at radius 1 is 1.00 bits per heavy atom. The van der Waals surface area contributed by atoms with Gasteiger partial charge in [-0.25, -0.2) is 0 Å². The molecule has 0 unspecified atom stereocenters. The van der Waals surface area contributed by atoms with Crippen molar-refractivity contribution in [3.63, 3.8) is 0 Å². The molecule has 0 amide bonds. The van der Waals surface area contributed by atoms with Crippen LogP contribution >= 0.6 is 0 Å². The van der Waals surface area contributed by atoms with E-state index in [2.05, 4.69) is 0 Å². The van der Waals surface area contributed by atoms with Crippen LogP contribution in [0.1, 0.15) is 31.1 Å². The van der Waals surface area contributed by atoms with Gasteiger partial charge in [-0.3, -0.25) is 4.79 Å². The van der Waals surface area contributed by atoms with E-state index in [1.807, 2.05) is 13.8 Å². The average molecular weight is 268 g/mol. The quantitative estimate of drug-likeness (QED) is 0.742. The normalized spacial score (nSPS) is 10.3. The van der Waals surface area contributed by atoms with E-state index in [9.17, 15) is 4.79 Å². The van der Waals surface area contributed by atoms with Crippen LogP contribution in [-0.4, -0.2) is 33.2 Å². The summed E-state index contributed by atoms with van der Waals surface area (Å²) in [6, 6.07) is 1.61. The molecular formula is C14H20O5. The molecule has 1 rings (SSSR count). The predicted octanol–water partition coefficient (Wildman–Crippen LogP) is 2.70. The van der Waals surface area contributed by atoms with E-state index in [4.69, 9.17) is 18.9 Å². The largest absolute Gasteiger partial charge is 0.496 e. The second-order valence-corrected chi connectivity index (χ2v) is 4.24. The van der Waals surface area contributed by atoms with Crippen molar-refractivity contribution < 1.29 is 23.7 Å². The number of carbonyl (C=O) groups is 1. The van der Waals surface area contributed by atoms with Gasteiger partial charge in [-0.2, -0.15) is 0 Å². The van der Waals surface area contributed by atoms with Crippen LogP contribution in [0.15, 0.2) is 6.07 Å².